The van der Waals surface area contributed by atoms with Crippen LogP contribution < -0.4 is 15.5 Å². The van der Waals surface area contributed by atoms with Crippen LogP contribution in [0, 0.1) is 18.8 Å². The molecule has 0 unspecified atom stereocenters. The zero-order chi connectivity index (χ0) is 25.3. The first-order chi connectivity index (χ1) is 16.1. The average molecular weight is 502 g/mol. The summed E-state index contributed by atoms with van der Waals surface area (Å²) in [6.45, 7) is 14.6. The van der Waals surface area contributed by atoms with Gasteiger partial charge in [0.25, 0.3) is 0 Å². The summed E-state index contributed by atoms with van der Waals surface area (Å²) in [4.78, 5) is 27.2. The van der Waals surface area contributed by atoms with Gasteiger partial charge in [0.2, 0.25) is 0 Å². The highest BCUT2D eigenvalue weighted by atomic mass is 32.1. The summed E-state index contributed by atoms with van der Waals surface area (Å²) in [6, 6.07) is 13.6. The van der Waals surface area contributed by atoms with Crippen molar-refractivity contribution in [1.29, 1.82) is 0 Å². The molecule has 0 spiro atoms. The van der Waals surface area contributed by atoms with Crippen molar-refractivity contribution < 1.29 is 14.3 Å². The Hall–Kier alpha value is -2.67. The molecule has 0 fully saturated rings. The van der Waals surface area contributed by atoms with Crippen LogP contribution in [-0.4, -0.2) is 32.2 Å². The molecule has 2 aromatic carbocycles. The molecule has 0 saturated carbocycles. The maximum atomic E-state index is 12.9. The minimum atomic E-state index is -0.294. The first-order valence-electron chi connectivity index (χ1n) is 12.2. The zero-order valence-corrected chi connectivity index (χ0v) is 23.3. The number of aryl methyl sites for hydroxylation is 1. The number of hydrogen-bond donors (Lipinski definition) is 2. The van der Waals surface area contributed by atoms with E-state index in [-0.39, 0.29) is 31.4 Å². The molecule has 0 radical (unpaired) electrons. The smallest absolute Gasteiger partial charge is 0.323 e. The SMILES string of the molecule is CC[C@@H](CC(=O)OC)c1ccc(N(CC(C)C)CC(C)C)c(NC(=O)Nc2ccc(C)cc2)c1.S. The molecule has 1 atom stereocenters. The van der Waals surface area contributed by atoms with Gasteiger partial charge in [0.1, 0.15) is 0 Å². The molecule has 0 aromatic heterocycles. The van der Waals surface area contributed by atoms with Crippen molar-refractivity contribution >= 4 is 42.6 Å². The molecule has 194 valence electrons. The van der Waals surface area contributed by atoms with Crippen LogP contribution in [0.2, 0.25) is 0 Å². The summed E-state index contributed by atoms with van der Waals surface area (Å²) in [7, 11) is 1.41. The fraction of sp³-hybridized carbons (Fsp3) is 0.500. The van der Waals surface area contributed by atoms with Gasteiger partial charge in [-0.15, -0.1) is 0 Å². The van der Waals surface area contributed by atoms with Gasteiger partial charge in [0, 0.05) is 18.8 Å². The van der Waals surface area contributed by atoms with Crippen molar-refractivity contribution in [2.45, 2.75) is 60.3 Å². The van der Waals surface area contributed by atoms with Gasteiger partial charge >= 0.3 is 12.0 Å². The number of methoxy groups -OCH3 is 1. The number of benzene rings is 2. The van der Waals surface area contributed by atoms with E-state index in [0.717, 1.165) is 47.7 Å². The molecular weight excluding hydrogens is 458 g/mol. The van der Waals surface area contributed by atoms with E-state index < -0.39 is 0 Å². The van der Waals surface area contributed by atoms with Crippen LogP contribution in [0.25, 0.3) is 0 Å². The van der Waals surface area contributed by atoms with Gasteiger partial charge in [-0.05, 0) is 60.9 Å². The standard InChI is InChI=1S/C28H41N3O3.H2S/c1-8-22(16-27(32)34-7)23-11-14-26(31(17-19(2)3)18-20(4)5)25(15-23)30-28(33)29-24-12-9-21(6)10-13-24;/h9-15,19-20,22H,8,16-18H2,1-7H3,(H2,29,30,33);1H2/t22-;/m0./s1. The highest BCUT2D eigenvalue weighted by Gasteiger charge is 2.20. The predicted molar refractivity (Wildman–Crippen MR) is 152 cm³/mol. The summed E-state index contributed by atoms with van der Waals surface area (Å²) in [5.74, 6) is 0.723. The van der Waals surface area contributed by atoms with Gasteiger partial charge in [-0.3, -0.25) is 4.79 Å². The van der Waals surface area contributed by atoms with E-state index in [4.69, 9.17) is 4.74 Å². The van der Waals surface area contributed by atoms with E-state index in [9.17, 15) is 9.59 Å². The third-order valence-corrected chi connectivity index (χ3v) is 5.69. The normalized spacial score (nSPS) is 11.6. The number of amides is 2. The number of urea groups is 1. The van der Waals surface area contributed by atoms with Crippen LogP contribution in [0.5, 0.6) is 0 Å². The van der Waals surface area contributed by atoms with E-state index in [1.165, 1.54) is 7.11 Å². The summed E-state index contributed by atoms with van der Waals surface area (Å²) >= 11 is 0. The van der Waals surface area contributed by atoms with Gasteiger partial charge in [0.05, 0.1) is 24.9 Å². The number of anilines is 3. The Balaban J connectivity index is 0.00000612. The topological polar surface area (TPSA) is 70.7 Å². The lowest BCUT2D eigenvalue weighted by atomic mass is 9.92. The van der Waals surface area contributed by atoms with Crippen molar-refractivity contribution in [2.75, 3.05) is 35.7 Å². The third kappa shape index (κ3) is 9.84. The Morgan fingerprint density at radius 3 is 2.06 bits per heavy atom. The van der Waals surface area contributed by atoms with Crippen molar-refractivity contribution in [1.82, 2.24) is 0 Å². The number of ether oxygens (including phenoxy) is 1. The van der Waals surface area contributed by atoms with Gasteiger partial charge in [-0.25, -0.2) is 4.79 Å². The van der Waals surface area contributed by atoms with Gasteiger partial charge in [0.15, 0.2) is 0 Å². The second-order valence-corrected chi connectivity index (χ2v) is 9.80. The Bertz CT molecular complexity index is 935. The van der Waals surface area contributed by atoms with Crippen LogP contribution >= 0.6 is 13.5 Å². The second-order valence-electron chi connectivity index (χ2n) is 9.80. The van der Waals surface area contributed by atoms with Crippen LogP contribution in [0.15, 0.2) is 42.5 Å². The summed E-state index contributed by atoms with van der Waals surface area (Å²) in [5, 5.41) is 6.01. The summed E-state index contributed by atoms with van der Waals surface area (Å²) in [5.41, 5.74) is 4.61. The molecule has 2 aromatic rings. The Labute approximate surface area is 218 Å². The molecule has 0 saturated heterocycles. The molecule has 0 bridgehead atoms. The zero-order valence-electron chi connectivity index (χ0n) is 22.3. The monoisotopic (exact) mass is 501 g/mol. The van der Waals surface area contributed by atoms with Crippen molar-refractivity contribution in [3.05, 3.63) is 53.6 Å². The molecule has 35 heavy (non-hydrogen) atoms. The molecule has 0 heterocycles. The summed E-state index contributed by atoms with van der Waals surface area (Å²) < 4.78 is 4.90. The molecule has 0 aliphatic rings. The molecule has 2 rings (SSSR count). The minimum Gasteiger partial charge on any atom is -0.469 e. The lowest BCUT2D eigenvalue weighted by molar-refractivity contribution is -0.141. The maximum Gasteiger partial charge on any atom is 0.323 e. The van der Waals surface area contributed by atoms with Gasteiger partial charge in [-0.2, -0.15) is 13.5 Å². The number of carbonyl (C=O) groups is 2. The largest absolute Gasteiger partial charge is 0.469 e. The molecule has 2 amide bonds. The average Bonchev–Trinajstić information content (AvgIpc) is 2.77. The number of nitrogens with zero attached hydrogens (tertiary/aromatic N) is 1. The fourth-order valence-corrected chi connectivity index (χ4v) is 4.04. The van der Waals surface area contributed by atoms with E-state index in [1.807, 2.05) is 37.3 Å². The van der Waals surface area contributed by atoms with Crippen molar-refractivity contribution in [3.8, 4) is 0 Å². The Morgan fingerprint density at radius 1 is 0.943 bits per heavy atom. The number of hydrogen-bond acceptors (Lipinski definition) is 4. The number of carbonyl (C=O) groups excluding carboxylic acids is 2. The molecule has 2 N–H and O–H groups in total. The van der Waals surface area contributed by atoms with Gasteiger partial charge in [-0.1, -0.05) is 58.4 Å². The van der Waals surface area contributed by atoms with Crippen LogP contribution in [0.3, 0.4) is 0 Å². The highest BCUT2D eigenvalue weighted by molar-refractivity contribution is 7.59. The molecule has 6 nitrogen and oxygen atoms in total. The molecule has 0 aliphatic carbocycles. The fourth-order valence-electron chi connectivity index (χ4n) is 4.04. The number of nitrogens with one attached hydrogen (secondary N) is 2. The van der Waals surface area contributed by atoms with E-state index in [1.54, 1.807) is 0 Å². The van der Waals surface area contributed by atoms with Gasteiger partial charge < -0.3 is 20.3 Å². The molecular formula is C28H43N3O3S. The van der Waals surface area contributed by atoms with Crippen molar-refractivity contribution in [2.24, 2.45) is 11.8 Å². The van der Waals surface area contributed by atoms with E-state index in [0.29, 0.717) is 18.3 Å². The first-order valence-corrected chi connectivity index (χ1v) is 12.2. The Kier molecular flexibility index (Phi) is 12.7. The number of rotatable bonds is 11. The molecule has 0 aliphatic heterocycles. The lowest BCUT2D eigenvalue weighted by Crippen LogP contribution is -2.32. The summed E-state index contributed by atoms with van der Waals surface area (Å²) in [6.07, 6.45) is 1.11. The van der Waals surface area contributed by atoms with Crippen molar-refractivity contribution in [3.63, 3.8) is 0 Å². The third-order valence-electron chi connectivity index (χ3n) is 5.69. The van der Waals surface area contributed by atoms with Crippen LogP contribution in [-0.2, 0) is 9.53 Å². The maximum absolute atomic E-state index is 12.9. The lowest BCUT2D eigenvalue weighted by Gasteiger charge is -2.31. The van der Waals surface area contributed by atoms with Crippen LogP contribution in [0.1, 0.15) is 64.5 Å². The Morgan fingerprint density at radius 2 is 1.54 bits per heavy atom. The molecule has 7 heteroatoms. The number of esters is 1. The quantitative estimate of drug-likeness (QED) is 0.328. The first kappa shape index (κ1) is 30.4. The van der Waals surface area contributed by atoms with E-state index in [2.05, 4.69) is 62.3 Å². The van der Waals surface area contributed by atoms with Crippen LogP contribution in [0.4, 0.5) is 21.9 Å². The highest BCUT2D eigenvalue weighted by Crippen LogP contribution is 2.34. The van der Waals surface area contributed by atoms with E-state index >= 15 is 0 Å². The predicted octanol–water partition coefficient (Wildman–Crippen LogP) is 6.93. The minimum absolute atomic E-state index is 0. The second kappa shape index (κ2) is 14.7.